The molecule has 3 aromatic rings. The number of benzene rings is 2. The Morgan fingerprint density at radius 3 is 2.36 bits per heavy atom. The third-order valence-electron chi connectivity index (χ3n) is 3.26. The fraction of sp³-hybridized carbons (Fsp3) is 0.125. The zero-order valence-electron chi connectivity index (χ0n) is 12.3. The molecule has 0 aliphatic rings. The Balaban J connectivity index is 2.03. The summed E-state index contributed by atoms with van der Waals surface area (Å²) in [5.74, 6) is -3.95. The van der Waals surface area contributed by atoms with Gasteiger partial charge in [0.2, 0.25) is 0 Å². The number of hydrogen-bond donors (Lipinski definition) is 1. The third kappa shape index (κ3) is 3.59. The van der Waals surface area contributed by atoms with E-state index in [4.69, 9.17) is 0 Å². The summed E-state index contributed by atoms with van der Waals surface area (Å²) in [6, 6.07) is 7.81. The normalized spacial score (nSPS) is 11.7. The van der Waals surface area contributed by atoms with Crippen molar-refractivity contribution in [2.24, 2.45) is 0 Å². The second-order valence-electron chi connectivity index (χ2n) is 5.10. The van der Waals surface area contributed by atoms with Gasteiger partial charge in [0.15, 0.2) is 24.0 Å². The zero-order chi connectivity index (χ0) is 18.2. The van der Waals surface area contributed by atoms with E-state index in [-0.39, 0.29) is 16.8 Å². The van der Waals surface area contributed by atoms with Crippen molar-refractivity contribution in [3.8, 4) is 17.1 Å². The van der Waals surface area contributed by atoms with E-state index < -0.39 is 35.7 Å². The topological polar surface area (TPSA) is 55.0 Å². The average molecular weight is 356 g/mol. The Morgan fingerprint density at radius 2 is 1.72 bits per heavy atom. The summed E-state index contributed by atoms with van der Waals surface area (Å²) in [6.45, 7) is -1.83. The van der Waals surface area contributed by atoms with E-state index >= 15 is 0 Å². The fourth-order valence-corrected chi connectivity index (χ4v) is 2.21. The van der Waals surface area contributed by atoms with E-state index in [0.29, 0.717) is 5.52 Å². The smallest absolute Gasteiger partial charge is 0.422 e. The van der Waals surface area contributed by atoms with Crippen molar-refractivity contribution in [2.45, 2.75) is 6.18 Å². The molecule has 0 spiro atoms. The standard InChI is InChI=1S/C16H9F5N2O2/c17-10-5-8(6-11(18)13(10)25-7-16(19,20)21)14-22-12-4-2-1-3-9(12)15(24)23-14/h1-6H,7H2,(H,22,23,24). The van der Waals surface area contributed by atoms with Gasteiger partial charge in [0, 0.05) is 5.56 Å². The number of halogens is 5. The van der Waals surface area contributed by atoms with Crippen molar-refractivity contribution in [1.82, 2.24) is 9.97 Å². The van der Waals surface area contributed by atoms with Crippen LogP contribution in [-0.4, -0.2) is 22.8 Å². The summed E-state index contributed by atoms with van der Waals surface area (Å²) in [7, 11) is 0. The molecule has 2 aromatic carbocycles. The lowest BCUT2D eigenvalue weighted by Gasteiger charge is -2.12. The molecular formula is C16H9F5N2O2. The maximum Gasteiger partial charge on any atom is 0.422 e. The van der Waals surface area contributed by atoms with Gasteiger partial charge >= 0.3 is 6.18 Å². The van der Waals surface area contributed by atoms with Gasteiger partial charge in [-0.25, -0.2) is 13.8 Å². The number of hydrogen-bond acceptors (Lipinski definition) is 3. The number of rotatable bonds is 3. The highest BCUT2D eigenvalue weighted by Gasteiger charge is 2.30. The predicted molar refractivity (Wildman–Crippen MR) is 79.3 cm³/mol. The summed E-state index contributed by atoms with van der Waals surface area (Å²) < 4.78 is 68.4. The van der Waals surface area contributed by atoms with E-state index in [1.54, 1.807) is 18.2 Å². The zero-order valence-corrected chi connectivity index (χ0v) is 12.3. The second kappa shape index (κ2) is 6.15. The van der Waals surface area contributed by atoms with Gasteiger partial charge in [-0.15, -0.1) is 0 Å². The van der Waals surface area contributed by atoms with Gasteiger partial charge in [-0.1, -0.05) is 12.1 Å². The van der Waals surface area contributed by atoms with Crippen molar-refractivity contribution in [2.75, 3.05) is 6.61 Å². The Bertz CT molecular complexity index is 975. The molecule has 0 aliphatic heterocycles. The highest BCUT2D eigenvalue weighted by Crippen LogP contribution is 2.29. The van der Waals surface area contributed by atoms with E-state index in [2.05, 4.69) is 14.7 Å². The van der Waals surface area contributed by atoms with Crippen LogP contribution in [0.3, 0.4) is 0 Å². The van der Waals surface area contributed by atoms with Crippen molar-refractivity contribution < 1.29 is 26.7 Å². The first kappa shape index (κ1) is 16.9. The number of aromatic amines is 1. The molecule has 1 N–H and O–H groups in total. The molecule has 1 heterocycles. The quantitative estimate of drug-likeness (QED) is 0.726. The Kier molecular flexibility index (Phi) is 4.15. The molecule has 130 valence electrons. The van der Waals surface area contributed by atoms with Gasteiger partial charge in [-0.3, -0.25) is 4.79 Å². The molecule has 4 nitrogen and oxygen atoms in total. The molecule has 0 radical (unpaired) electrons. The van der Waals surface area contributed by atoms with Crippen LogP contribution in [0.4, 0.5) is 22.0 Å². The van der Waals surface area contributed by atoms with Crippen molar-refractivity contribution in [3.63, 3.8) is 0 Å². The van der Waals surface area contributed by atoms with E-state index in [1.165, 1.54) is 6.07 Å². The van der Waals surface area contributed by atoms with Crippen LogP contribution in [0, 0.1) is 11.6 Å². The number of nitrogens with zero attached hydrogens (tertiary/aromatic N) is 1. The van der Waals surface area contributed by atoms with Crippen LogP contribution in [0.25, 0.3) is 22.3 Å². The first-order valence-corrected chi connectivity index (χ1v) is 6.92. The highest BCUT2D eigenvalue weighted by atomic mass is 19.4. The molecule has 25 heavy (non-hydrogen) atoms. The lowest BCUT2D eigenvalue weighted by atomic mass is 10.1. The molecule has 0 fully saturated rings. The molecule has 0 bridgehead atoms. The molecule has 0 atom stereocenters. The summed E-state index contributed by atoms with van der Waals surface area (Å²) in [6.07, 6.45) is -4.73. The van der Waals surface area contributed by atoms with E-state index in [0.717, 1.165) is 12.1 Å². The molecule has 1 aromatic heterocycles. The van der Waals surface area contributed by atoms with Crippen molar-refractivity contribution in [3.05, 3.63) is 58.4 Å². The molecule has 9 heteroatoms. The number of alkyl halides is 3. The fourth-order valence-electron chi connectivity index (χ4n) is 2.21. The van der Waals surface area contributed by atoms with Crippen LogP contribution in [-0.2, 0) is 0 Å². The minimum absolute atomic E-state index is 0.121. The lowest BCUT2D eigenvalue weighted by molar-refractivity contribution is -0.154. The number of aromatic nitrogens is 2. The predicted octanol–water partition coefficient (Wildman–Crippen LogP) is 3.81. The maximum absolute atomic E-state index is 13.9. The minimum atomic E-state index is -4.73. The Labute approximate surface area is 136 Å². The average Bonchev–Trinajstić information content (AvgIpc) is 2.53. The van der Waals surface area contributed by atoms with Gasteiger partial charge in [-0.2, -0.15) is 13.2 Å². The SMILES string of the molecule is O=c1[nH]c(-c2cc(F)c(OCC(F)(F)F)c(F)c2)nc2ccccc12. The number of fused-ring (bicyclic) bond motifs is 1. The lowest BCUT2D eigenvalue weighted by Crippen LogP contribution is -2.20. The first-order valence-electron chi connectivity index (χ1n) is 6.92. The maximum atomic E-state index is 13.9. The molecule has 0 saturated carbocycles. The molecule has 0 amide bonds. The largest absolute Gasteiger partial charge is 0.478 e. The molecule has 0 unspecified atom stereocenters. The van der Waals surface area contributed by atoms with Crippen LogP contribution in [0.1, 0.15) is 0 Å². The van der Waals surface area contributed by atoms with Crippen LogP contribution >= 0.6 is 0 Å². The number of H-pyrrole nitrogens is 1. The van der Waals surface area contributed by atoms with Crippen LogP contribution in [0.5, 0.6) is 5.75 Å². The highest BCUT2D eigenvalue weighted by molar-refractivity contribution is 5.79. The minimum Gasteiger partial charge on any atom is -0.478 e. The number of para-hydroxylation sites is 1. The van der Waals surface area contributed by atoms with Gasteiger partial charge in [0.05, 0.1) is 10.9 Å². The number of ether oxygens (including phenoxy) is 1. The van der Waals surface area contributed by atoms with Gasteiger partial charge in [-0.05, 0) is 24.3 Å². The summed E-state index contributed by atoms with van der Waals surface area (Å²) >= 11 is 0. The van der Waals surface area contributed by atoms with Crippen LogP contribution < -0.4 is 10.3 Å². The second-order valence-corrected chi connectivity index (χ2v) is 5.10. The van der Waals surface area contributed by atoms with Crippen molar-refractivity contribution in [1.29, 1.82) is 0 Å². The van der Waals surface area contributed by atoms with E-state index in [1.807, 2.05) is 0 Å². The summed E-state index contributed by atoms with van der Waals surface area (Å²) in [5, 5.41) is 0.289. The summed E-state index contributed by atoms with van der Waals surface area (Å²) in [4.78, 5) is 18.5. The first-order chi connectivity index (χ1) is 11.7. The monoisotopic (exact) mass is 356 g/mol. The molecule has 0 saturated heterocycles. The Morgan fingerprint density at radius 1 is 1.08 bits per heavy atom. The van der Waals surface area contributed by atoms with Gasteiger partial charge in [0.25, 0.3) is 5.56 Å². The molecule has 0 aliphatic carbocycles. The van der Waals surface area contributed by atoms with Crippen LogP contribution in [0.15, 0.2) is 41.2 Å². The summed E-state index contributed by atoms with van der Waals surface area (Å²) in [5.41, 5.74) is -0.351. The molecular weight excluding hydrogens is 347 g/mol. The van der Waals surface area contributed by atoms with Crippen LogP contribution in [0.2, 0.25) is 0 Å². The molecule has 3 rings (SSSR count). The Hall–Kier alpha value is -2.97. The van der Waals surface area contributed by atoms with E-state index in [9.17, 15) is 26.7 Å². The van der Waals surface area contributed by atoms with Crippen molar-refractivity contribution >= 4 is 10.9 Å². The number of nitrogens with one attached hydrogen (secondary N) is 1. The third-order valence-corrected chi connectivity index (χ3v) is 3.26. The van der Waals surface area contributed by atoms with Gasteiger partial charge < -0.3 is 9.72 Å². The van der Waals surface area contributed by atoms with Gasteiger partial charge in [0.1, 0.15) is 5.82 Å².